The molecule has 0 fully saturated rings. The van der Waals surface area contributed by atoms with Gasteiger partial charge in [-0.1, -0.05) is 65.8 Å². The predicted octanol–water partition coefficient (Wildman–Crippen LogP) is 6.18. The summed E-state index contributed by atoms with van der Waals surface area (Å²) in [5.41, 5.74) is 2.72. The van der Waals surface area contributed by atoms with Crippen molar-refractivity contribution in [3.8, 4) is 5.75 Å². The number of thiocarbonyl (C=S) groups is 1. The Balaban J connectivity index is 1.59. The predicted molar refractivity (Wildman–Crippen MR) is 112 cm³/mol. The van der Waals surface area contributed by atoms with Crippen molar-refractivity contribution < 1.29 is 9.13 Å². The molecule has 0 saturated carbocycles. The van der Waals surface area contributed by atoms with Gasteiger partial charge in [0.15, 0.2) is 0 Å². The smallest absolute Gasteiger partial charge is 0.123 e. The normalized spacial score (nSPS) is 10.5. The maximum absolute atomic E-state index is 13.0. The zero-order valence-electron chi connectivity index (χ0n) is 14.2. The summed E-state index contributed by atoms with van der Waals surface area (Å²) >= 11 is 17.4. The van der Waals surface area contributed by atoms with E-state index in [2.05, 4.69) is 5.32 Å². The molecule has 0 aliphatic heterocycles. The summed E-state index contributed by atoms with van der Waals surface area (Å²) in [5, 5.41) is 4.18. The van der Waals surface area contributed by atoms with E-state index in [4.69, 9.17) is 40.2 Å². The van der Waals surface area contributed by atoms with E-state index >= 15 is 0 Å². The Morgan fingerprint density at radius 1 is 0.926 bits per heavy atom. The highest BCUT2D eigenvalue weighted by atomic mass is 35.5. The number of benzene rings is 3. The minimum atomic E-state index is -0.256. The van der Waals surface area contributed by atoms with Gasteiger partial charge in [0.1, 0.15) is 23.2 Å². The first kappa shape index (κ1) is 19.6. The highest BCUT2D eigenvalue weighted by Crippen LogP contribution is 2.23. The first-order valence-corrected chi connectivity index (χ1v) is 9.37. The topological polar surface area (TPSA) is 21.3 Å². The fourth-order valence-corrected chi connectivity index (χ4v) is 2.93. The molecule has 3 aromatic rings. The van der Waals surface area contributed by atoms with Crippen LogP contribution < -0.4 is 10.1 Å². The monoisotopic (exact) mass is 419 g/mol. The second-order valence-corrected chi connectivity index (χ2v) is 7.10. The lowest BCUT2D eigenvalue weighted by atomic mass is 10.2. The van der Waals surface area contributed by atoms with Crippen LogP contribution in [0.3, 0.4) is 0 Å². The zero-order valence-corrected chi connectivity index (χ0v) is 16.5. The summed E-state index contributed by atoms with van der Waals surface area (Å²) in [4.78, 5) is 0.597. The Kier molecular flexibility index (Phi) is 6.67. The van der Waals surface area contributed by atoms with Gasteiger partial charge in [-0.25, -0.2) is 4.39 Å². The van der Waals surface area contributed by atoms with E-state index < -0.39 is 0 Å². The van der Waals surface area contributed by atoms with Gasteiger partial charge in [-0.05, 0) is 47.5 Å². The Morgan fingerprint density at radius 2 is 1.67 bits per heavy atom. The molecule has 0 radical (unpaired) electrons. The fraction of sp³-hybridized carbons (Fsp3) is 0.0952. The molecule has 2 nitrogen and oxygen atoms in total. The van der Waals surface area contributed by atoms with Gasteiger partial charge in [-0.3, -0.25) is 0 Å². The minimum Gasteiger partial charge on any atom is -0.489 e. The molecular formula is C21H16Cl2FNOS. The quantitative estimate of drug-likeness (QED) is 0.482. The molecule has 0 aliphatic rings. The Bertz CT molecular complexity index is 947. The molecule has 0 unspecified atom stereocenters. The zero-order chi connectivity index (χ0) is 19.2. The summed E-state index contributed by atoms with van der Waals surface area (Å²) in [6.45, 7) is 0.892. The van der Waals surface area contributed by atoms with Gasteiger partial charge in [-0.15, -0.1) is 0 Å². The van der Waals surface area contributed by atoms with E-state index in [1.807, 2.05) is 30.3 Å². The van der Waals surface area contributed by atoms with Crippen molar-refractivity contribution in [1.29, 1.82) is 0 Å². The fourth-order valence-electron chi connectivity index (χ4n) is 2.41. The molecule has 3 aromatic carbocycles. The molecular weight excluding hydrogens is 404 g/mol. The van der Waals surface area contributed by atoms with Crippen LogP contribution in [0.4, 0.5) is 4.39 Å². The number of hydrogen-bond donors (Lipinski definition) is 1. The summed E-state index contributed by atoms with van der Waals surface area (Å²) < 4.78 is 18.8. The van der Waals surface area contributed by atoms with E-state index in [0.717, 1.165) is 16.7 Å². The molecule has 27 heavy (non-hydrogen) atoms. The van der Waals surface area contributed by atoms with Crippen molar-refractivity contribution in [1.82, 2.24) is 5.32 Å². The lowest BCUT2D eigenvalue weighted by Crippen LogP contribution is -2.21. The lowest BCUT2D eigenvalue weighted by molar-refractivity contribution is 0.306. The lowest BCUT2D eigenvalue weighted by Gasteiger charge is -2.11. The first-order chi connectivity index (χ1) is 13.0. The van der Waals surface area contributed by atoms with Crippen LogP contribution in [0.1, 0.15) is 16.7 Å². The van der Waals surface area contributed by atoms with E-state index in [9.17, 15) is 4.39 Å². The summed E-state index contributed by atoms with van der Waals surface area (Å²) in [7, 11) is 0. The maximum atomic E-state index is 13.0. The first-order valence-electron chi connectivity index (χ1n) is 8.21. The molecule has 138 valence electrons. The summed E-state index contributed by atoms with van der Waals surface area (Å²) in [5.74, 6) is 0.442. The molecule has 0 saturated heterocycles. The Hall–Kier alpha value is -2.14. The van der Waals surface area contributed by atoms with Crippen LogP contribution in [0.25, 0.3) is 0 Å². The van der Waals surface area contributed by atoms with E-state index in [0.29, 0.717) is 33.9 Å². The molecule has 1 N–H and O–H groups in total. The number of nitrogens with one attached hydrogen (secondary N) is 1. The van der Waals surface area contributed by atoms with E-state index in [-0.39, 0.29) is 5.82 Å². The third kappa shape index (κ3) is 5.67. The highest BCUT2D eigenvalue weighted by Gasteiger charge is 2.05. The second kappa shape index (κ2) is 9.18. The van der Waals surface area contributed by atoms with Crippen LogP contribution in [0.2, 0.25) is 10.0 Å². The SMILES string of the molecule is Fc1ccc(CNC(=S)c2cccc(OCc3ccc(Cl)c(Cl)c3)c2)cc1. The molecule has 0 aromatic heterocycles. The average Bonchev–Trinajstić information content (AvgIpc) is 2.68. The van der Waals surface area contributed by atoms with Gasteiger partial charge in [-0.2, -0.15) is 0 Å². The van der Waals surface area contributed by atoms with Crippen LogP contribution in [0.15, 0.2) is 66.7 Å². The molecule has 0 atom stereocenters. The van der Waals surface area contributed by atoms with Crippen molar-refractivity contribution in [2.75, 3.05) is 0 Å². The van der Waals surface area contributed by atoms with Crippen LogP contribution >= 0.6 is 35.4 Å². The van der Waals surface area contributed by atoms with Crippen molar-refractivity contribution in [2.45, 2.75) is 13.2 Å². The third-order valence-corrected chi connectivity index (χ3v) is 4.97. The molecule has 6 heteroatoms. The number of rotatable bonds is 6. The van der Waals surface area contributed by atoms with E-state index in [1.165, 1.54) is 12.1 Å². The Morgan fingerprint density at radius 3 is 2.41 bits per heavy atom. The molecule has 3 rings (SSSR count). The number of hydrogen-bond acceptors (Lipinski definition) is 2. The van der Waals surface area contributed by atoms with Gasteiger partial charge in [0, 0.05) is 12.1 Å². The van der Waals surface area contributed by atoms with Crippen molar-refractivity contribution in [3.63, 3.8) is 0 Å². The number of halogens is 3. The van der Waals surface area contributed by atoms with Gasteiger partial charge in [0.05, 0.1) is 10.0 Å². The third-order valence-electron chi connectivity index (χ3n) is 3.85. The maximum Gasteiger partial charge on any atom is 0.123 e. The standard InChI is InChI=1S/C21H16Cl2FNOS/c22-19-9-6-15(10-20(19)23)13-26-18-3-1-2-16(11-18)21(27)25-12-14-4-7-17(24)8-5-14/h1-11H,12-13H2,(H,25,27). The minimum absolute atomic E-state index is 0.256. The number of ether oxygens (including phenoxy) is 1. The van der Waals surface area contributed by atoms with Gasteiger partial charge in [0.25, 0.3) is 0 Å². The van der Waals surface area contributed by atoms with Crippen LogP contribution in [-0.4, -0.2) is 4.99 Å². The van der Waals surface area contributed by atoms with Gasteiger partial charge >= 0.3 is 0 Å². The Labute approximate surface area is 172 Å². The average molecular weight is 420 g/mol. The second-order valence-electron chi connectivity index (χ2n) is 5.87. The highest BCUT2D eigenvalue weighted by molar-refractivity contribution is 7.80. The van der Waals surface area contributed by atoms with E-state index in [1.54, 1.807) is 24.3 Å². The molecule has 0 amide bonds. The van der Waals surface area contributed by atoms with Crippen LogP contribution in [0.5, 0.6) is 5.75 Å². The summed E-state index contributed by atoms with van der Waals surface area (Å²) in [6, 6.07) is 19.2. The summed E-state index contributed by atoms with van der Waals surface area (Å²) in [6.07, 6.45) is 0. The van der Waals surface area contributed by atoms with Crippen molar-refractivity contribution in [2.24, 2.45) is 0 Å². The van der Waals surface area contributed by atoms with Crippen LogP contribution in [0, 0.1) is 5.82 Å². The van der Waals surface area contributed by atoms with Gasteiger partial charge in [0.2, 0.25) is 0 Å². The molecule has 0 bridgehead atoms. The molecule has 0 spiro atoms. The van der Waals surface area contributed by atoms with Gasteiger partial charge < -0.3 is 10.1 Å². The largest absolute Gasteiger partial charge is 0.489 e. The molecule has 0 aliphatic carbocycles. The van der Waals surface area contributed by atoms with Crippen molar-refractivity contribution >= 4 is 40.4 Å². The van der Waals surface area contributed by atoms with Crippen LogP contribution in [-0.2, 0) is 13.2 Å². The van der Waals surface area contributed by atoms with Crippen molar-refractivity contribution in [3.05, 3.63) is 99.3 Å². The molecule has 0 heterocycles.